The second-order valence-corrected chi connectivity index (χ2v) is 13.9. The van der Waals surface area contributed by atoms with Crippen LogP contribution in [0.4, 0.5) is 23.2 Å². The zero-order valence-corrected chi connectivity index (χ0v) is 25.8. The molecule has 1 spiro atoms. The van der Waals surface area contributed by atoms with Gasteiger partial charge in [-0.2, -0.15) is 13.2 Å². The van der Waals surface area contributed by atoms with Crippen molar-refractivity contribution in [1.29, 1.82) is 0 Å². The number of fused-ring (bicyclic) bond motifs is 2. The lowest BCUT2D eigenvalue weighted by Gasteiger charge is -2.45. The topological polar surface area (TPSA) is 96.0 Å². The van der Waals surface area contributed by atoms with E-state index in [1.54, 1.807) is 12.1 Å². The van der Waals surface area contributed by atoms with Crippen LogP contribution in [-0.2, 0) is 37.7 Å². The maximum Gasteiger partial charge on any atom is 0.416 e. The van der Waals surface area contributed by atoms with Gasteiger partial charge in [0, 0.05) is 17.5 Å². The maximum absolute atomic E-state index is 14.3. The van der Waals surface area contributed by atoms with E-state index in [1.165, 1.54) is 47.8 Å². The molecule has 6 rings (SSSR count). The first kappa shape index (κ1) is 32.0. The number of carbonyl (C=O) groups excluding carboxylic acids is 2. The van der Waals surface area contributed by atoms with E-state index in [-0.39, 0.29) is 41.0 Å². The molecule has 3 aromatic carbocycles. The number of ether oxygens (including phenoxy) is 1. The van der Waals surface area contributed by atoms with Crippen LogP contribution in [0.1, 0.15) is 52.7 Å². The SMILES string of the molecule is COC(=O)CN1CCC2(CC1)c1cc(C(=O)NCc3ccccc3C(F)(F)F)ccc1N(S(=O)(=O)c1ccc(F)cc1)C2C1CC1. The van der Waals surface area contributed by atoms with Crippen molar-refractivity contribution in [1.82, 2.24) is 10.2 Å². The summed E-state index contributed by atoms with van der Waals surface area (Å²) in [4.78, 5) is 27.3. The molecular formula is C33H33F4N3O5S. The molecule has 2 aliphatic heterocycles. The Morgan fingerprint density at radius 3 is 2.30 bits per heavy atom. The number of halogens is 4. The van der Waals surface area contributed by atoms with Crippen LogP contribution in [0, 0.1) is 11.7 Å². The minimum absolute atomic E-state index is 0.0472. The molecule has 2 fully saturated rings. The molecule has 3 aromatic rings. The number of carbonyl (C=O) groups is 2. The average Bonchev–Trinajstić information content (AvgIpc) is 3.84. The summed E-state index contributed by atoms with van der Waals surface area (Å²) in [6, 6.07) is 13.9. The number of methoxy groups -OCH3 is 1. The number of hydrogen-bond donors (Lipinski definition) is 1. The molecule has 8 nitrogen and oxygen atoms in total. The Balaban J connectivity index is 1.38. The van der Waals surface area contributed by atoms with Gasteiger partial charge in [-0.25, -0.2) is 12.8 Å². The maximum atomic E-state index is 14.3. The lowest BCUT2D eigenvalue weighted by molar-refractivity contribution is -0.142. The molecule has 0 radical (unpaired) electrons. The van der Waals surface area contributed by atoms with E-state index in [4.69, 9.17) is 4.74 Å². The zero-order valence-electron chi connectivity index (χ0n) is 25.0. The first-order chi connectivity index (χ1) is 21.8. The molecule has 1 atom stereocenters. The minimum Gasteiger partial charge on any atom is -0.468 e. The molecule has 1 amide bonds. The lowest BCUT2D eigenvalue weighted by Crippen LogP contribution is -2.54. The standard InChI is InChI=1S/C33H33F4N3O5S/c1-45-29(41)20-39-16-14-32(15-17-39)27-18-22(31(42)38-19-23-4-2-3-5-26(23)33(35,36)37)8-13-28(27)40(30(32)21-6-7-21)46(43,44)25-11-9-24(34)10-12-25/h2-5,8-13,18,21,30H,6-7,14-17,19-20H2,1H3,(H,38,42). The van der Waals surface area contributed by atoms with E-state index in [1.807, 2.05) is 4.90 Å². The Morgan fingerprint density at radius 1 is 1.00 bits per heavy atom. The van der Waals surface area contributed by atoms with Crippen molar-refractivity contribution in [3.63, 3.8) is 0 Å². The smallest absolute Gasteiger partial charge is 0.416 e. The van der Waals surface area contributed by atoms with Crippen LogP contribution in [0.15, 0.2) is 71.6 Å². The normalized spacial score (nSPS) is 19.6. The van der Waals surface area contributed by atoms with Gasteiger partial charge in [0.15, 0.2) is 0 Å². The molecule has 2 heterocycles. The molecule has 1 saturated carbocycles. The number of rotatable bonds is 8. The number of amides is 1. The molecule has 244 valence electrons. The number of piperidine rings is 1. The molecule has 1 saturated heterocycles. The van der Waals surface area contributed by atoms with Gasteiger partial charge in [0.05, 0.1) is 35.8 Å². The molecule has 1 unspecified atom stereocenters. The highest BCUT2D eigenvalue weighted by Gasteiger charge is 2.60. The van der Waals surface area contributed by atoms with Crippen molar-refractivity contribution in [3.05, 3.63) is 94.8 Å². The third-order valence-corrected chi connectivity index (χ3v) is 11.2. The van der Waals surface area contributed by atoms with Crippen LogP contribution >= 0.6 is 0 Å². The van der Waals surface area contributed by atoms with E-state index in [2.05, 4.69) is 5.32 Å². The van der Waals surface area contributed by atoms with Crippen LogP contribution in [0.2, 0.25) is 0 Å². The fourth-order valence-corrected chi connectivity index (χ4v) is 8.80. The number of nitrogens with one attached hydrogen (secondary N) is 1. The quantitative estimate of drug-likeness (QED) is 0.262. The summed E-state index contributed by atoms with van der Waals surface area (Å²) in [6.45, 7) is 0.696. The van der Waals surface area contributed by atoms with Gasteiger partial charge in [-0.1, -0.05) is 18.2 Å². The predicted molar refractivity (Wildman–Crippen MR) is 161 cm³/mol. The summed E-state index contributed by atoms with van der Waals surface area (Å²) in [5.74, 6) is -1.50. The molecule has 46 heavy (non-hydrogen) atoms. The summed E-state index contributed by atoms with van der Waals surface area (Å²) >= 11 is 0. The number of anilines is 1. The van der Waals surface area contributed by atoms with E-state index in [0.29, 0.717) is 37.2 Å². The highest BCUT2D eigenvalue weighted by atomic mass is 32.2. The molecule has 1 aliphatic carbocycles. The van der Waals surface area contributed by atoms with Crippen LogP contribution in [-0.4, -0.2) is 58.0 Å². The first-order valence-electron chi connectivity index (χ1n) is 15.0. The molecule has 0 bridgehead atoms. The summed E-state index contributed by atoms with van der Waals surface area (Å²) < 4.78 is 89.2. The predicted octanol–water partition coefficient (Wildman–Crippen LogP) is 5.27. The van der Waals surface area contributed by atoms with Gasteiger partial charge < -0.3 is 10.1 Å². The summed E-state index contributed by atoms with van der Waals surface area (Å²) in [5, 5.41) is 2.60. The number of likely N-dealkylation sites (tertiary alicyclic amines) is 1. The van der Waals surface area contributed by atoms with Crippen LogP contribution < -0.4 is 9.62 Å². The summed E-state index contributed by atoms with van der Waals surface area (Å²) in [6.07, 6.45) is -1.96. The third-order valence-electron chi connectivity index (χ3n) is 9.38. The van der Waals surface area contributed by atoms with Crippen molar-refractivity contribution >= 4 is 27.6 Å². The molecular weight excluding hydrogens is 626 g/mol. The number of esters is 1. The van der Waals surface area contributed by atoms with Gasteiger partial charge in [-0.3, -0.25) is 18.8 Å². The zero-order chi connectivity index (χ0) is 32.9. The Labute approximate surface area is 264 Å². The van der Waals surface area contributed by atoms with E-state index in [9.17, 15) is 35.6 Å². The van der Waals surface area contributed by atoms with E-state index >= 15 is 0 Å². The lowest BCUT2D eigenvalue weighted by atomic mass is 9.68. The number of benzene rings is 3. The molecule has 0 aromatic heterocycles. The van der Waals surface area contributed by atoms with Gasteiger partial charge >= 0.3 is 12.1 Å². The summed E-state index contributed by atoms with van der Waals surface area (Å²) in [7, 11) is -2.85. The Hall–Kier alpha value is -3.97. The fourth-order valence-electron chi connectivity index (χ4n) is 7.01. The molecule has 1 N–H and O–H groups in total. The Bertz CT molecular complexity index is 1750. The van der Waals surface area contributed by atoms with Gasteiger partial charge in [0.2, 0.25) is 0 Å². The number of alkyl halides is 3. The van der Waals surface area contributed by atoms with E-state index in [0.717, 1.165) is 31.0 Å². The van der Waals surface area contributed by atoms with Crippen molar-refractivity contribution in [2.24, 2.45) is 5.92 Å². The van der Waals surface area contributed by atoms with Gasteiger partial charge in [0.25, 0.3) is 15.9 Å². The largest absolute Gasteiger partial charge is 0.468 e. The first-order valence-corrected chi connectivity index (χ1v) is 16.5. The van der Waals surface area contributed by atoms with E-state index < -0.39 is 44.9 Å². The fraction of sp³-hybridized carbons (Fsp3) is 0.394. The van der Waals surface area contributed by atoms with Crippen molar-refractivity contribution < 1.29 is 40.3 Å². The van der Waals surface area contributed by atoms with Gasteiger partial charge in [0.1, 0.15) is 5.82 Å². The van der Waals surface area contributed by atoms with Crippen LogP contribution in [0.25, 0.3) is 0 Å². The molecule has 3 aliphatic rings. The van der Waals surface area contributed by atoms with Gasteiger partial charge in [-0.15, -0.1) is 0 Å². The van der Waals surface area contributed by atoms with Crippen LogP contribution in [0.5, 0.6) is 0 Å². The average molecular weight is 660 g/mol. The van der Waals surface area contributed by atoms with Crippen molar-refractivity contribution in [2.75, 3.05) is 31.0 Å². The third kappa shape index (κ3) is 5.86. The molecule has 13 heteroatoms. The Morgan fingerprint density at radius 2 is 1.67 bits per heavy atom. The van der Waals surface area contributed by atoms with Gasteiger partial charge in [-0.05, 0) is 104 Å². The highest BCUT2D eigenvalue weighted by Crippen LogP contribution is 2.59. The second kappa shape index (κ2) is 12.0. The number of hydrogen-bond acceptors (Lipinski definition) is 6. The second-order valence-electron chi connectivity index (χ2n) is 12.1. The number of nitrogens with zero attached hydrogens (tertiary/aromatic N) is 2. The van der Waals surface area contributed by atoms with Crippen molar-refractivity contribution in [3.8, 4) is 0 Å². The minimum atomic E-state index is -4.58. The van der Waals surface area contributed by atoms with Crippen LogP contribution in [0.3, 0.4) is 0 Å². The monoisotopic (exact) mass is 659 g/mol. The van der Waals surface area contributed by atoms with Crippen molar-refractivity contribution in [2.45, 2.75) is 54.8 Å². The summed E-state index contributed by atoms with van der Waals surface area (Å²) in [5.41, 5.74) is -0.344. The number of sulfonamides is 1. The highest BCUT2D eigenvalue weighted by molar-refractivity contribution is 7.92. The Kier molecular flexibility index (Phi) is 8.34.